The lowest BCUT2D eigenvalue weighted by atomic mass is 9.76. The van der Waals surface area contributed by atoms with E-state index in [1.54, 1.807) is 19.9 Å². The Balaban J connectivity index is 2.14. The number of aryl methyl sites for hydroxylation is 1. The van der Waals surface area contributed by atoms with Gasteiger partial charge in [0.15, 0.2) is 5.82 Å². The molecule has 31 heavy (non-hydrogen) atoms. The van der Waals surface area contributed by atoms with Gasteiger partial charge in [-0.25, -0.2) is 14.3 Å². The van der Waals surface area contributed by atoms with E-state index in [-0.39, 0.29) is 17.9 Å². The summed E-state index contributed by atoms with van der Waals surface area (Å²) in [5.41, 5.74) is 1.63. The highest BCUT2D eigenvalue weighted by Crippen LogP contribution is 2.40. The molecule has 11 heteroatoms. The number of aromatic nitrogens is 2. The second-order valence-electron chi connectivity index (χ2n) is 7.40. The molecule has 1 aromatic rings. The quantitative estimate of drug-likeness (QED) is 0.369. The maximum Gasteiger partial charge on any atom is 0.342 e. The van der Waals surface area contributed by atoms with Crippen molar-refractivity contribution in [1.29, 1.82) is 0 Å². The van der Waals surface area contributed by atoms with E-state index in [0.717, 1.165) is 0 Å². The van der Waals surface area contributed by atoms with Crippen LogP contribution < -0.4 is 0 Å². The zero-order chi connectivity index (χ0) is 22.7. The van der Waals surface area contributed by atoms with E-state index in [9.17, 15) is 19.7 Å². The average molecular weight is 434 g/mol. The number of imidazole rings is 1. The minimum Gasteiger partial charge on any atom is -0.468 e. The van der Waals surface area contributed by atoms with Crippen LogP contribution in [0.2, 0.25) is 0 Å². The molecule has 0 amide bonds. The summed E-state index contributed by atoms with van der Waals surface area (Å²) in [4.78, 5) is 42.7. The minimum absolute atomic E-state index is 0.00856. The predicted octanol–water partition coefficient (Wildman–Crippen LogP) is 1.22. The largest absolute Gasteiger partial charge is 0.468 e. The summed E-state index contributed by atoms with van der Waals surface area (Å²) in [7, 11) is 2.54. The van der Waals surface area contributed by atoms with E-state index >= 15 is 0 Å². The zero-order valence-corrected chi connectivity index (χ0v) is 18.0. The molecule has 0 spiro atoms. The third kappa shape index (κ3) is 4.31. The van der Waals surface area contributed by atoms with Crippen LogP contribution in [0.3, 0.4) is 0 Å². The first-order valence-electron chi connectivity index (χ1n) is 9.87. The monoisotopic (exact) mass is 434 g/mol. The highest BCUT2D eigenvalue weighted by molar-refractivity contribution is 5.93. The van der Waals surface area contributed by atoms with E-state index < -0.39 is 28.7 Å². The van der Waals surface area contributed by atoms with Gasteiger partial charge < -0.3 is 29.2 Å². The number of carbonyl (C=O) groups excluding carboxylic acids is 2. The van der Waals surface area contributed by atoms with Crippen LogP contribution >= 0.6 is 0 Å². The Kier molecular flexibility index (Phi) is 6.74. The number of ether oxygens (including phenoxy) is 3. The molecule has 168 valence electrons. The maximum atomic E-state index is 13.0. The Hall–Kier alpha value is -3.21. The Morgan fingerprint density at radius 1 is 1.26 bits per heavy atom. The number of rotatable bonds is 6. The van der Waals surface area contributed by atoms with Crippen LogP contribution in [-0.2, 0) is 30.3 Å². The first-order chi connectivity index (χ1) is 14.8. The van der Waals surface area contributed by atoms with Crippen molar-refractivity contribution in [2.75, 3.05) is 40.5 Å². The number of esters is 2. The topological polar surface area (TPSA) is 126 Å². The van der Waals surface area contributed by atoms with Gasteiger partial charge in [0.2, 0.25) is 0 Å². The number of allylic oxidation sites excluding steroid dienone is 2. The lowest BCUT2D eigenvalue weighted by Gasteiger charge is -2.39. The summed E-state index contributed by atoms with van der Waals surface area (Å²) in [6.45, 7) is 5.57. The van der Waals surface area contributed by atoms with Crippen LogP contribution in [0, 0.1) is 28.9 Å². The normalized spacial score (nSPS) is 21.5. The Morgan fingerprint density at radius 3 is 2.52 bits per heavy atom. The van der Waals surface area contributed by atoms with Crippen molar-refractivity contribution < 1.29 is 28.7 Å². The van der Waals surface area contributed by atoms with E-state index in [1.165, 1.54) is 25.0 Å². The van der Waals surface area contributed by atoms with Crippen LogP contribution in [0.4, 0.5) is 5.82 Å². The summed E-state index contributed by atoms with van der Waals surface area (Å²) in [6, 6.07) is 0. The molecule has 0 aromatic carbocycles. The summed E-state index contributed by atoms with van der Waals surface area (Å²) in [5, 5.41) is 11.5. The molecular formula is C20H26N4O7. The highest BCUT2D eigenvalue weighted by atomic mass is 16.6. The first-order valence-corrected chi connectivity index (χ1v) is 9.87. The minimum atomic E-state index is -0.845. The van der Waals surface area contributed by atoms with Crippen molar-refractivity contribution in [2.24, 2.45) is 11.8 Å². The van der Waals surface area contributed by atoms with E-state index in [0.29, 0.717) is 43.4 Å². The first kappa shape index (κ1) is 22.5. The molecule has 1 aliphatic carbocycles. The summed E-state index contributed by atoms with van der Waals surface area (Å²) in [6.07, 6.45) is 2.96. The zero-order valence-electron chi connectivity index (χ0n) is 18.0. The fourth-order valence-electron chi connectivity index (χ4n) is 4.22. The molecule has 2 heterocycles. The van der Waals surface area contributed by atoms with Gasteiger partial charge in [-0.2, -0.15) is 0 Å². The van der Waals surface area contributed by atoms with Crippen molar-refractivity contribution in [2.45, 2.75) is 20.4 Å². The number of hydrogen-bond acceptors (Lipinski definition) is 9. The van der Waals surface area contributed by atoms with Gasteiger partial charge in [0.1, 0.15) is 18.7 Å². The fourth-order valence-corrected chi connectivity index (χ4v) is 4.22. The van der Waals surface area contributed by atoms with Gasteiger partial charge in [-0.3, -0.25) is 4.79 Å². The predicted molar refractivity (Wildman–Crippen MR) is 108 cm³/mol. The third-order valence-corrected chi connectivity index (χ3v) is 5.72. The van der Waals surface area contributed by atoms with Crippen molar-refractivity contribution in [3.8, 4) is 0 Å². The molecule has 0 N–H and O–H groups in total. The molecule has 3 rings (SSSR count). The van der Waals surface area contributed by atoms with Crippen LogP contribution in [0.25, 0.3) is 0 Å². The molecule has 1 saturated heterocycles. The molecule has 0 saturated carbocycles. The van der Waals surface area contributed by atoms with Gasteiger partial charge >= 0.3 is 17.8 Å². The van der Waals surface area contributed by atoms with E-state index in [2.05, 4.69) is 4.98 Å². The Morgan fingerprint density at radius 2 is 1.94 bits per heavy atom. The molecule has 2 aliphatic rings. The highest BCUT2D eigenvalue weighted by Gasteiger charge is 2.45. The van der Waals surface area contributed by atoms with Crippen LogP contribution in [0.1, 0.15) is 12.7 Å². The molecule has 0 unspecified atom stereocenters. The van der Waals surface area contributed by atoms with Gasteiger partial charge in [-0.1, -0.05) is 0 Å². The molecule has 1 aliphatic heterocycles. The molecule has 1 fully saturated rings. The summed E-state index contributed by atoms with van der Waals surface area (Å²) >= 11 is 0. The lowest BCUT2D eigenvalue weighted by molar-refractivity contribution is -0.392. The number of nitrogens with zero attached hydrogens (tertiary/aromatic N) is 4. The van der Waals surface area contributed by atoms with Gasteiger partial charge in [0.05, 0.1) is 27.4 Å². The van der Waals surface area contributed by atoms with E-state index in [1.807, 2.05) is 4.90 Å². The molecule has 2 atom stereocenters. The van der Waals surface area contributed by atoms with Crippen LogP contribution in [0.15, 0.2) is 29.1 Å². The third-order valence-electron chi connectivity index (χ3n) is 5.72. The number of morpholine rings is 1. The van der Waals surface area contributed by atoms with E-state index in [4.69, 9.17) is 14.2 Å². The van der Waals surface area contributed by atoms with Crippen LogP contribution in [-0.4, -0.2) is 71.8 Å². The van der Waals surface area contributed by atoms with Gasteiger partial charge in [0, 0.05) is 37.2 Å². The number of nitro groups is 1. The van der Waals surface area contributed by atoms with Crippen LogP contribution in [0.5, 0.6) is 0 Å². The van der Waals surface area contributed by atoms with Crippen molar-refractivity contribution >= 4 is 17.8 Å². The van der Waals surface area contributed by atoms with Gasteiger partial charge in [-0.05, 0) is 23.5 Å². The second-order valence-corrected chi connectivity index (χ2v) is 7.40. The number of carbonyl (C=O) groups is 2. The summed E-state index contributed by atoms with van der Waals surface area (Å²) in [5.74, 6) is -2.52. The number of methoxy groups -OCH3 is 2. The molecule has 0 radical (unpaired) electrons. The van der Waals surface area contributed by atoms with Gasteiger partial charge in [0.25, 0.3) is 0 Å². The molecule has 1 aromatic heterocycles. The van der Waals surface area contributed by atoms with Gasteiger partial charge in [-0.15, -0.1) is 0 Å². The molecule has 0 bridgehead atoms. The second kappa shape index (κ2) is 9.29. The maximum absolute atomic E-state index is 13.0. The smallest absolute Gasteiger partial charge is 0.342 e. The van der Waals surface area contributed by atoms with Crippen molar-refractivity contribution in [1.82, 2.24) is 14.5 Å². The molecule has 11 nitrogen and oxygen atoms in total. The van der Waals surface area contributed by atoms with Crippen molar-refractivity contribution in [3.05, 3.63) is 45.1 Å². The number of hydrogen-bond donors (Lipinski definition) is 0. The molecular weight excluding hydrogens is 408 g/mol. The summed E-state index contributed by atoms with van der Waals surface area (Å²) < 4.78 is 16.9. The standard InChI is InChI=1S/C20H26N4O7/c1-12-9-15(22-5-7-31-8-6-22)18(20(26)30-4)14(17(12)19(25)29-3)11-23-13(2)21-10-16(23)24(27)28/h9-10,14,18H,5-8,11H2,1-4H3/t14-,18+/m0/s1. The Bertz CT molecular complexity index is 943. The lowest BCUT2D eigenvalue weighted by Crippen LogP contribution is -2.45. The average Bonchev–Trinajstić information content (AvgIpc) is 3.13. The SMILES string of the molecule is COC(=O)C1=C(C)C=C(N2CCOCC2)[C@H](C(=O)OC)[C@H]1Cn1c([N+](=O)[O-])cnc1C. The van der Waals surface area contributed by atoms with Crippen molar-refractivity contribution in [3.63, 3.8) is 0 Å². The fraction of sp³-hybridized carbons (Fsp3) is 0.550. The Labute approximate surface area is 179 Å².